The van der Waals surface area contributed by atoms with Crippen molar-refractivity contribution in [2.45, 2.75) is 20.3 Å². The van der Waals surface area contributed by atoms with E-state index in [1.807, 2.05) is 0 Å². The predicted molar refractivity (Wildman–Crippen MR) is 55.1 cm³/mol. The van der Waals surface area contributed by atoms with Gasteiger partial charge in [0.25, 0.3) is 0 Å². The first-order valence-electron chi connectivity index (χ1n) is 4.54. The van der Waals surface area contributed by atoms with E-state index in [1.165, 1.54) is 19.1 Å². The number of aryl methyl sites for hydroxylation is 1. The standard InChI is InChI=1S/C11H12FNO2/c1-7-3-4-9(12)6-10(7)13-11(15)5-8(2)14/h3-4,6H,5H2,1-2H3,(H,13,15). The number of ketones is 1. The van der Waals surface area contributed by atoms with Crippen molar-refractivity contribution < 1.29 is 14.0 Å². The fourth-order valence-corrected chi connectivity index (χ4v) is 1.15. The Balaban J connectivity index is 2.76. The molecule has 0 bridgehead atoms. The smallest absolute Gasteiger partial charge is 0.231 e. The lowest BCUT2D eigenvalue weighted by Crippen LogP contribution is -2.15. The molecule has 1 aromatic carbocycles. The maximum atomic E-state index is 12.8. The molecule has 15 heavy (non-hydrogen) atoms. The first kappa shape index (κ1) is 11.4. The number of Topliss-reactive ketones (excluding diaryl/α,β-unsaturated/α-hetero) is 1. The largest absolute Gasteiger partial charge is 0.325 e. The van der Waals surface area contributed by atoms with Gasteiger partial charge in [-0.05, 0) is 31.5 Å². The zero-order valence-corrected chi connectivity index (χ0v) is 8.63. The summed E-state index contributed by atoms with van der Waals surface area (Å²) in [5, 5.41) is 2.48. The number of benzene rings is 1. The molecule has 1 amide bonds. The normalized spacial score (nSPS) is 9.80. The molecule has 1 aromatic rings. The second kappa shape index (κ2) is 4.68. The van der Waals surface area contributed by atoms with Crippen LogP contribution in [0, 0.1) is 12.7 Å². The van der Waals surface area contributed by atoms with E-state index in [0.29, 0.717) is 5.69 Å². The summed E-state index contributed by atoms with van der Waals surface area (Å²) in [6.45, 7) is 3.08. The van der Waals surface area contributed by atoms with Crippen molar-refractivity contribution in [2.24, 2.45) is 0 Å². The Morgan fingerprint density at radius 2 is 2.07 bits per heavy atom. The van der Waals surface area contributed by atoms with Gasteiger partial charge in [-0.15, -0.1) is 0 Å². The number of amides is 1. The molecular formula is C11H12FNO2. The molecule has 80 valence electrons. The quantitative estimate of drug-likeness (QED) is 0.774. The van der Waals surface area contributed by atoms with Crippen molar-refractivity contribution in [3.8, 4) is 0 Å². The molecule has 0 heterocycles. The second-order valence-electron chi connectivity index (χ2n) is 3.39. The summed E-state index contributed by atoms with van der Waals surface area (Å²) in [4.78, 5) is 21.9. The number of nitrogens with one attached hydrogen (secondary N) is 1. The second-order valence-corrected chi connectivity index (χ2v) is 3.39. The topological polar surface area (TPSA) is 46.2 Å². The Morgan fingerprint density at radius 1 is 1.40 bits per heavy atom. The number of anilines is 1. The summed E-state index contributed by atoms with van der Waals surface area (Å²) in [7, 11) is 0. The van der Waals surface area contributed by atoms with E-state index < -0.39 is 11.7 Å². The molecule has 0 saturated carbocycles. The lowest BCUT2D eigenvalue weighted by atomic mass is 10.2. The van der Waals surface area contributed by atoms with Crippen LogP contribution in [0.4, 0.5) is 10.1 Å². The first-order valence-corrected chi connectivity index (χ1v) is 4.54. The highest BCUT2D eigenvalue weighted by atomic mass is 19.1. The van der Waals surface area contributed by atoms with Gasteiger partial charge in [-0.3, -0.25) is 9.59 Å². The van der Waals surface area contributed by atoms with Crippen LogP contribution < -0.4 is 5.32 Å². The first-order chi connectivity index (χ1) is 6.99. The average molecular weight is 209 g/mol. The van der Waals surface area contributed by atoms with Gasteiger partial charge in [-0.2, -0.15) is 0 Å². The highest BCUT2D eigenvalue weighted by Crippen LogP contribution is 2.15. The third-order valence-corrected chi connectivity index (χ3v) is 1.88. The van der Waals surface area contributed by atoms with Gasteiger partial charge in [-0.25, -0.2) is 4.39 Å². The van der Waals surface area contributed by atoms with E-state index in [-0.39, 0.29) is 12.2 Å². The molecule has 3 nitrogen and oxygen atoms in total. The summed E-state index contributed by atoms with van der Waals surface area (Å²) in [5.74, 6) is -1.06. The van der Waals surface area contributed by atoms with Crippen LogP contribution in [-0.2, 0) is 9.59 Å². The van der Waals surface area contributed by atoms with Crippen molar-refractivity contribution in [3.05, 3.63) is 29.6 Å². The van der Waals surface area contributed by atoms with Crippen LogP contribution >= 0.6 is 0 Å². The zero-order chi connectivity index (χ0) is 11.4. The Bertz CT molecular complexity index is 402. The summed E-state index contributed by atoms with van der Waals surface area (Å²) < 4.78 is 12.8. The zero-order valence-electron chi connectivity index (χ0n) is 8.63. The highest BCUT2D eigenvalue weighted by Gasteiger charge is 2.07. The van der Waals surface area contributed by atoms with Gasteiger partial charge in [0.05, 0.1) is 6.42 Å². The van der Waals surface area contributed by atoms with Crippen molar-refractivity contribution >= 4 is 17.4 Å². The van der Waals surface area contributed by atoms with Crippen molar-refractivity contribution in [2.75, 3.05) is 5.32 Å². The predicted octanol–water partition coefficient (Wildman–Crippen LogP) is 2.05. The summed E-state index contributed by atoms with van der Waals surface area (Å²) >= 11 is 0. The van der Waals surface area contributed by atoms with Crippen LogP contribution in [0.15, 0.2) is 18.2 Å². The Kier molecular flexibility index (Phi) is 3.55. The molecule has 4 heteroatoms. The molecule has 0 unspecified atom stereocenters. The van der Waals surface area contributed by atoms with Crippen molar-refractivity contribution in [1.82, 2.24) is 0 Å². The molecular weight excluding hydrogens is 197 g/mol. The third kappa shape index (κ3) is 3.50. The Hall–Kier alpha value is -1.71. The van der Waals surface area contributed by atoms with Crippen LogP contribution in [0.2, 0.25) is 0 Å². The number of hydrogen-bond donors (Lipinski definition) is 1. The molecule has 0 aliphatic carbocycles. The molecule has 0 spiro atoms. The van der Waals surface area contributed by atoms with E-state index in [0.717, 1.165) is 5.56 Å². The number of carbonyl (C=O) groups is 2. The Labute approximate surface area is 87.3 Å². The SMILES string of the molecule is CC(=O)CC(=O)Nc1cc(F)ccc1C. The maximum Gasteiger partial charge on any atom is 0.231 e. The van der Waals surface area contributed by atoms with E-state index in [2.05, 4.69) is 5.32 Å². The van der Waals surface area contributed by atoms with Gasteiger partial charge in [0.1, 0.15) is 11.6 Å². The van der Waals surface area contributed by atoms with Gasteiger partial charge in [0.15, 0.2) is 0 Å². The molecule has 1 N–H and O–H groups in total. The molecule has 0 fully saturated rings. The van der Waals surface area contributed by atoms with E-state index >= 15 is 0 Å². The van der Waals surface area contributed by atoms with Gasteiger partial charge >= 0.3 is 0 Å². The van der Waals surface area contributed by atoms with Crippen LogP contribution in [0.5, 0.6) is 0 Å². The lowest BCUT2D eigenvalue weighted by molar-refractivity contribution is -0.124. The van der Waals surface area contributed by atoms with Crippen LogP contribution in [0.1, 0.15) is 18.9 Å². The minimum absolute atomic E-state index is 0.185. The van der Waals surface area contributed by atoms with E-state index in [4.69, 9.17) is 0 Å². The lowest BCUT2D eigenvalue weighted by Gasteiger charge is -2.07. The molecule has 0 saturated heterocycles. The molecule has 0 aromatic heterocycles. The third-order valence-electron chi connectivity index (χ3n) is 1.88. The number of carbonyl (C=O) groups excluding carboxylic acids is 2. The number of hydrogen-bond acceptors (Lipinski definition) is 2. The van der Waals surface area contributed by atoms with Gasteiger partial charge in [-0.1, -0.05) is 6.07 Å². The molecule has 0 radical (unpaired) electrons. The van der Waals surface area contributed by atoms with E-state index in [9.17, 15) is 14.0 Å². The van der Waals surface area contributed by atoms with Gasteiger partial charge in [0, 0.05) is 5.69 Å². The van der Waals surface area contributed by atoms with Crippen LogP contribution in [0.25, 0.3) is 0 Å². The molecule has 0 aliphatic heterocycles. The Morgan fingerprint density at radius 3 is 2.67 bits per heavy atom. The minimum atomic E-state index is -0.420. The summed E-state index contributed by atoms with van der Waals surface area (Å²) in [6, 6.07) is 4.11. The molecule has 1 rings (SSSR count). The van der Waals surface area contributed by atoms with Crippen LogP contribution in [0.3, 0.4) is 0 Å². The van der Waals surface area contributed by atoms with Crippen molar-refractivity contribution in [3.63, 3.8) is 0 Å². The fraction of sp³-hybridized carbons (Fsp3) is 0.273. The summed E-state index contributed by atoms with van der Waals surface area (Å²) in [5.41, 5.74) is 1.16. The monoisotopic (exact) mass is 209 g/mol. The highest BCUT2D eigenvalue weighted by molar-refractivity contribution is 6.03. The van der Waals surface area contributed by atoms with Crippen molar-refractivity contribution in [1.29, 1.82) is 0 Å². The van der Waals surface area contributed by atoms with Crippen LogP contribution in [-0.4, -0.2) is 11.7 Å². The number of rotatable bonds is 3. The fourth-order valence-electron chi connectivity index (χ4n) is 1.15. The van der Waals surface area contributed by atoms with Gasteiger partial charge in [0.2, 0.25) is 5.91 Å². The molecule has 0 atom stereocenters. The summed E-state index contributed by atoms with van der Waals surface area (Å²) in [6.07, 6.45) is -0.185. The van der Waals surface area contributed by atoms with Gasteiger partial charge < -0.3 is 5.32 Å². The molecule has 0 aliphatic rings. The maximum absolute atomic E-state index is 12.8. The minimum Gasteiger partial charge on any atom is -0.325 e. The average Bonchev–Trinajstić information content (AvgIpc) is 2.10. The number of halogens is 1. The van der Waals surface area contributed by atoms with E-state index in [1.54, 1.807) is 13.0 Å².